The van der Waals surface area contributed by atoms with Crippen LogP contribution in [0.15, 0.2) is 42.6 Å². The van der Waals surface area contributed by atoms with Gasteiger partial charge in [-0.15, -0.1) is 0 Å². The number of hydrogen-bond acceptors (Lipinski definition) is 4. The highest BCUT2D eigenvalue weighted by molar-refractivity contribution is 5.52. The van der Waals surface area contributed by atoms with Crippen LogP contribution in [0.2, 0.25) is 0 Å². The van der Waals surface area contributed by atoms with Gasteiger partial charge in [0.1, 0.15) is 5.82 Å². The summed E-state index contributed by atoms with van der Waals surface area (Å²) in [6.45, 7) is 6.81. The van der Waals surface area contributed by atoms with Crippen molar-refractivity contribution in [2.24, 2.45) is 5.73 Å². The minimum absolute atomic E-state index is 0.611. The van der Waals surface area contributed by atoms with Crippen molar-refractivity contribution < 1.29 is 0 Å². The molecule has 0 unspecified atom stereocenters. The van der Waals surface area contributed by atoms with E-state index >= 15 is 0 Å². The van der Waals surface area contributed by atoms with Crippen LogP contribution in [0, 0.1) is 6.92 Å². The lowest BCUT2D eigenvalue weighted by molar-refractivity contribution is 0.647. The third-order valence-corrected chi connectivity index (χ3v) is 4.16. The lowest BCUT2D eigenvalue weighted by atomic mass is 10.1. The van der Waals surface area contributed by atoms with E-state index in [-0.39, 0.29) is 0 Å². The molecule has 1 aliphatic rings. The Hall–Kier alpha value is -2.07. The molecule has 1 saturated heterocycles. The van der Waals surface area contributed by atoms with Gasteiger partial charge in [-0.1, -0.05) is 12.1 Å². The van der Waals surface area contributed by atoms with Crippen LogP contribution < -0.4 is 15.5 Å². The fourth-order valence-corrected chi connectivity index (χ4v) is 2.84. The summed E-state index contributed by atoms with van der Waals surface area (Å²) in [6.07, 6.45) is 1.86. The molecule has 3 rings (SSSR count). The van der Waals surface area contributed by atoms with Crippen LogP contribution >= 0.6 is 0 Å². The van der Waals surface area contributed by atoms with Gasteiger partial charge in [0.15, 0.2) is 0 Å². The Bertz CT molecular complexity index is 589. The zero-order valence-corrected chi connectivity index (χ0v) is 12.5. The monoisotopic (exact) mass is 282 g/mol. The molecule has 1 aliphatic heterocycles. The van der Waals surface area contributed by atoms with Gasteiger partial charge >= 0.3 is 0 Å². The maximum atomic E-state index is 5.73. The summed E-state index contributed by atoms with van der Waals surface area (Å²) in [6, 6.07) is 12.7. The highest BCUT2D eigenvalue weighted by Crippen LogP contribution is 2.21. The molecule has 1 fully saturated rings. The summed E-state index contributed by atoms with van der Waals surface area (Å²) < 4.78 is 0. The number of anilines is 2. The molecule has 1 aromatic carbocycles. The van der Waals surface area contributed by atoms with Crippen LogP contribution in [0.1, 0.15) is 11.1 Å². The van der Waals surface area contributed by atoms with Crippen LogP contribution in [0.5, 0.6) is 0 Å². The number of aromatic nitrogens is 1. The molecule has 0 radical (unpaired) electrons. The summed E-state index contributed by atoms with van der Waals surface area (Å²) in [7, 11) is 0. The van der Waals surface area contributed by atoms with Gasteiger partial charge in [-0.2, -0.15) is 0 Å². The lowest BCUT2D eigenvalue weighted by Gasteiger charge is -2.37. The number of hydrogen-bond donors (Lipinski definition) is 1. The standard InChI is InChI=1S/C17H22N4/c1-14-12-16(6-5-15(14)13-18)20-8-10-21(11-9-20)17-4-2-3-7-19-17/h2-7,12H,8-11,13,18H2,1H3. The van der Waals surface area contributed by atoms with Crippen molar-refractivity contribution in [2.75, 3.05) is 36.0 Å². The third-order valence-electron chi connectivity index (χ3n) is 4.16. The van der Waals surface area contributed by atoms with E-state index in [4.69, 9.17) is 5.73 Å². The summed E-state index contributed by atoms with van der Waals surface area (Å²) in [5, 5.41) is 0. The number of piperazine rings is 1. The summed E-state index contributed by atoms with van der Waals surface area (Å²) in [5.41, 5.74) is 9.54. The highest BCUT2D eigenvalue weighted by atomic mass is 15.3. The predicted octanol–water partition coefficient (Wildman–Crippen LogP) is 2.18. The number of aryl methyl sites for hydroxylation is 1. The number of benzene rings is 1. The fraction of sp³-hybridized carbons (Fsp3) is 0.353. The molecular weight excluding hydrogens is 260 g/mol. The molecule has 2 heterocycles. The van der Waals surface area contributed by atoms with E-state index in [1.54, 1.807) is 0 Å². The van der Waals surface area contributed by atoms with E-state index in [1.165, 1.54) is 16.8 Å². The van der Waals surface area contributed by atoms with Gasteiger partial charge in [0.05, 0.1) is 0 Å². The molecule has 0 spiro atoms. The fourth-order valence-electron chi connectivity index (χ4n) is 2.84. The minimum atomic E-state index is 0.611. The van der Waals surface area contributed by atoms with Crippen molar-refractivity contribution in [3.63, 3.8) is 0 Å². The molecule has 4 heteroatoms. The number of nitrogens with two attached hydrogens (primary N) is 1. The Morgan fingerprint density at radius 1 is 1.05 bits per heavy atom. The highest BCUT2D eigenvalue weighted by Gasteiger charge is 2.18. The molecule has 2 N–H and O–H groups in total. The molecule has 110 valence electrons. The van der Waals surface area contributed by atoms with Gasteiger partial charge in [0, 0.05) is 44.6 Å². The average Bonchev–Trinajstić information content (AvgIpc) is 2.56. The van der Waals surface area contributed by atoms with Crippen LogP contribution in [0.4, 0.5) is 11.5 Å². The summed E-state index contributed by atoms with van der Waals surface area (Å²) in [5.74, 6) is 1.08. The largest absolute Gasteiger partial charge is 0.368 e. The van der Waals surface area contributed by atoms with Crippen molar-refractivity contribution >= 4 is 11.5 Å². The normalized spacial score (nSPS) is 15.3. The quantitative estimate of drug-likeness (QED) is 0.937. The molecule has 1 aromatic heterocycles. The van der Waals surface area contributed by atoms with Gasteiger partial charge in [-0.05, 0) is 42.3 Å². The van der Waals surface area contributed by atoms with E-state index in [0.29, 0.717) is 6.54 Å². The van der Waals surface area contributed by atoms with E-state index in [0.717, 1.165) is 32.0 Å². The van der Waals surface area contributed by atoms with E-state index < -0.39 is 0 Å². The Balaban J connectivity index is 1.67. The maximum absolute atomic E-state index is 5.73. The van der Waals surface area contributed by atoms with Crippen molar-refractivity contribution in [1.82, 2.24) is 4.98 Å². The molecule has 4 nitrogen and oxygen atoms in total. The second-order valence-electron chi connectivity index (χ2n) is 5.48. The first-order valence-corrected chi connectivity index (χ1v) is 7.48. The zero-order chi connectivity index (χ0) is 14.7. The number of nitrogens with zero attached hydrogens (tertiary/aromatic N) is 3. The number of pyridine rings is 1. The van der Waals surface area contributed by atoms with Crippen molar-refractivity contribution in [3.05, 3.63) is 53.7 Å². The zero-order valence-electron chi connectivity index (χ0n) is 12.5. The van der Waals surface area contributed by atoms with Gasteiger partial charge in [0.2, 0.25) is 0 Å². The van der Waals surface area contributed by atoms with Gasteiger partial charge in [-0.3, -0.25) is 0 Å². The van der Waals surface area contributed by atoms with Gasteiger partial charge < -0.3 is 15.5 Å². The molecule has 0 saturated carbocycles. The van der Waals surface area contributed by atoms with Crippen LogP contribution in [0.25, 0.3) is 0 Å². The summed E-state index contributed by atoms with van der Waals surface area (Å²) >= 11 is 0. The van der Waals surface area contributed by atoms with E-state index in [9.17, 15) is 0 Å². The SMILES string of the molecule is Cc1cc(N2CCN(c3ccccn3)CC2)ccc1CN. The molecule has 21 heavy (non-hydrogen) atoms. The summed E-state index contributed by atoms with van der Waals surface area (Å²) in [4.78, 5) is 9.21. The topological polar surface area (TPSA) is 45.4 Å². The van der Waals surface area contributed by atoms with Gasteiger partial charge in [-0.25, -0.2) is 4.98 Å². The van der Waals surface area contributed by atoms with Crippen molar-refractivity contribution in [1.29, 1.82) is 0 Å². The predicted molar refractivity (Wildman–Crippen MR) is 87.7 cm³/mol. The van der Waals surface area contributed by atoms with E-state index in [2.05, 4.69) is 46.0 Å². The second-order valence-corrected chi connectivity index (χ2v) is 5.48. The maximum Gasteiger partial charge on any atom is 0.128 e. The Morgan fingerprint density at radius 3 is 2.43 bits per heavy atom. The lowest BCUT2D eigenvalue weighted by Crippen LogP contribution is -2.46. The molecule has 0 atom stereocenters. The molecule has 2 aromatic rings. The van der Waals surface area contributed by atoms with Gasteiger partial charge in [0.25, 0.3) is 0 Å². The van der Waals surface area contributed by atoms with Crippen LogP contribution in [-0.2, 0) is 6.54 Å². The second kappa shape index (κ2) is 6.14. The smallest absolute Gasteiger partial charge is 0.128 e. The first-order valence-electron chi connectivity index (χ1n) is 7.48. The molecule has 0 aliphatic carbocycles. The average molecular weight is 282 g/mol. The Labute approximate surface area is 126 Å². The first-order chi connectivity index (χ1) is 10.3. The Morgan fingerprint density at radius 2 is 1.81 bits per heavy atom. The number of rotatable bonds is 3. The van der Waals surface area contributed by atoms with Crippen molar-refractivity contribution in [3.8, 4) is 0 Å². The van der Waals surface area contributed by atoms with Crippen LogP contribution in [0.3, 0.4) is 0 Å². The molecular formula is C17H22N4. The van der Waals surface area contributed by atoms with Crippen molar-refractivity contribution in [2.45, 2.75) is 13.5 Å². The van der Waals surface area contributed by atoms with E-state index in [1.807, 2.05) is 18.3 Å². The molecule has 0 amide bonds. The molecule has 0 bridgehead atoms. The Kier molecular flexibility index (Phi) is 4.06. The first kappa shape index (κ1) is 13.9. The third kappa shape index (κ3) is 3.00. The minimum Gasteiger partial charge on any atom is -0.368 e. The van der Waals surface area contributed by atoms with Crippen LogP contribution in [-0.4, -0.2) is 31.2 Å².